The first kappa shape index (κ1) is 16.0. The Bertz CT molecular complexity index is 1130. The second-order valence-corrected chi connectivity index (χ2v) is 7.09. The number of aliphatic hydroxyl groups excluding tert-OH is 1. The van der Waals surface area contributed by atoms with Gasteiger partial charge in [0, 0.05) is 16.6 Å². The molecular formula is C22H20N4O. The van der Waals surface area contributed by atoms with Gasteiger partial charge in [0.2, 0.25) is 5.95 Å². The average molecular weight is 356 g/mol. The first-order valence-corrected chi connectivity index (χ1v) is 9.18. The van der Waals surface area contributed by atoms with Gasteiger partial charge in [-0.2, -0.15) is 4.98 Å². The Hall–Kier alpha value is -3.18. The standard InChI is InChI=1S/C22H20N4O/c23-22-25-20(17-9-8-15(13-6-7-13)10-16(17)12-27)18-11-19(24-21(18)26-22)14-4-2-1-3-5-14/h1-5,8-11,13,27H,6-7,12H2,(H3,23,24,25,26). The number of aliphatic hydroxyl groups is 1. The monoisotopic (exact) mass is 356 g/mol. The zero-order valence-corrected chi connectivity index (χ0v) is 14.8. The summed E-state index contributed by atoms with van der Waals surface area (Å²) in [6, 6.07) is 18.4. The fourth-order valence-corrected chi connectivity index (χ4v) is 3.65. The number of nitrogens with one attached hydrogen (secondary N) is 1. The van der Waals surface area contributed by atoms with E-state index < -0.39 is 0 Å². The molecule has 4 N–H and O–H groups in total. The summed E-state index contributed by atoms with van der Waals surface area (Å²) in [5.74, 6) is 0.853. The number of rotatable bonds is 4. The molecule has 0 saturated heterocycles. The van der Waals surface area contributed by atoms with E-state index in [-0.39, 0.29) is 12.6 Å². The number of fused-ring (bicyclic) bond motifs is 1. The van der Waals surface area contributed by atoms with Crippen LogP contribution in [0.25, 0.3) is 33.5 Å². The lowest BCUT2D eigenvalue weighted by atomic mass is 9.98. The molecule has 0 amide bonds. The number of nitrogen functional groups attached to an aromatic ring is 1. The van der Waals surface area contributed by atoms with Crippen LogP contribution in [-0.2, 0) is 6.61 Å². The second-order valence-electron chi connectivity index (χ2n) is 7.09. The molecule has 4 aromatic rings. The lowest BCUT2D eigenvalue weighted by Crippen LogP contribution is -2.00. The molecule has 5 nitrogen and oxygen atoms in total. The maximum atomic E-state index is 9.95. The van der Waals surface area contributed by atoms with Crippen LogP contribution < -0.4 is 5.73 Å². The molecule has 0 unspecified atom stereocenters. The first-order chi connectivity index (χ1) is 13.2. The molecule has 5 rings (SSSR count). The lowest BCUT2D eigenvalue weighted by Gasteiger charge is -2.11. The molecule has 0 radical (unpaired) electrons. The Morgan fingerprint density at radius 2 is 1.85 bits per heavy atom. The summed E-state index contributed by atoms with van der Waals surface area (Å²) in [6.07, 6.45) is 2.46. The fourth-order valence-electron chi connectivity index (χ4n) is 3.65. The zero-order valence-electron chi connectivity index (χ0n) is 14.8. The van der Waals surface area contributed by atoms with Crippen LogP contribution in [0.1, 0.15) is 29.9 Å². The van der Waals surface area contributed by atoms with Gasteiger partial charge in [0.1, 0.15) is 5.65 Å². The third-order valence-electron chi connectivity index (χ3n) is 5.19. The molecule has 27 heavy (non-hydrogen) atoms. The normalized spacial score (nSPS) is 14.0. The Kier molecular flexibility index (Phi) is 3.69. The topological polar surface area (TPSA) is 87.8 Å². The van der Waals surface area contributed by atoms with Crippen LogP contribution in [0.3, 0.4) is 0 Å². The van der Waals surface area contributed by atoms with Gasteiger partial charge in [-0.3, -0.25) is 0 Å². The van der Waals surface area contributed by atoms with Crippen LogP contribution in [-0.4, -0.2) is 20.1 Å². The molecular weight excluding hydrogens is 336 g/mol. The van der Waals surface area contributed by atoms with Crippen molar-refractivity contribution in [2.24, 2.45) is 0 Å². The van der Waals surface area contributed by atoms with Crippen LogP contribution in [0, 0.1) is 0 Å². The lowest BCUT2D eigenvalue weighted by molar-refractivity contribution is 0.282. The average Bonchev–Trinajstić information content (AvgIpc) is 3.47. The summed E-state index contributed by atoms with van der Waals surface area (Å²) < 4.78 is 0. The number of nitrogens with two attached hydrogens (primary N) is 1. The molecule has 5 heteroatoms. The van der Waals surface area contributed by atoms with Crippen molar-refractivity contribution in [3.63, 3.8) is 0 Å². The summed E-state index contributed by atoms with van der Waals surface area (Å²) in [4.78, 5) is 12.2. The maximum absolute atomic E-state index is 9.95. The van der Waals surface area contributed by atoms with Crippen LogP contribution in [0.2, 0.25) is 0 Å². The van der Waals surface area contributed by atoms with Crippen LogP contribution in [0.5, 0.6) is 0 Å². The maximum Gasteiger partial charge on any atom is 0.222 e. The minimum absolute atomic E-state index is 0.0305. The number of nitrogens with zero attached hydrogens (tertiary/aromatic N) is 2. The summed E-state index contributed by atoms with van der Waals surface area (Å²) in [5, 5.41) is 10.8. The van der Waals surface area contributed by atoms with Gasteiger partial charge in [-0.1, -0.05) is 48.5 Å². The Balaban J connectivity index is 1.70. The molecule has 2 heterocycles. The van der Waals surface area contributed by atoms with E-state index in [2.05, 4.69) is 39.2 Å². The van der Waals surface area contributed by atoms with Crippen molar-refractivity contribution in [2.45, 2.75) is 25.4 Å². The van der Waals surface area contributed by atoms with E-state index in [9.17, 15) is 5.11 Å². The van der Waals surface area contributed by atoms with Gasteiger partial charge in [-0.05, 0) is 41.5 Å². The molecule has 0 bridgehead atoms. The third-order valence-corrected chi connectivity index (χ3v) is 5.19. The predicted octanol–water partition coefficient (Wildman–Crippen LogP) is 4.24. The van der Waals surface area contributed by atoms with E-state index in [0.29, 0.717) is 11.6 Å². The van der Waals surface area contributed by atoms with Gasteiger partial charge in [-0.15, -0.1) is 0 Å². The molecule has 1 saturated carbocycles. The van der Waals surface area contributed by atoms with Gasteiger partial charge in [0.25, 0.3) is 0 Å². The SMILES string of the molecule is Nc1nc(-c2ccc(C3CC3)cc2CO)c2cc(-c3ccccc3)[nH]c2n1. The van der Waals surface area contributed by atoms with Crippen molar-refractivity contribution >= 4 is 17.0 Å². The molecule has 0 atom stereocenters. The number of aromatic nitrogens is 3. The van der Waals surface area contributed by atoms with Crippen LogP contribution in [0.15, 0.2) is 54.6 Å². The first-order valence-electron chi connectivity index (χ1n) is 9.18. The largest absolute Gasteiger partial charge is 0.392 e. The smallest absolute Gasteiger partial charge is 0.222 e. The van der Waals surface area contributed by atoms with Crippen molar-refractivity contribution in [3.8, 4) is 22.5 Å². The van der Waals surface area contributed by atoms with Crippen molar-refractivity contribution in [1.29, 1.82) is 0 Å². The van der Waals surface area contributed by atoms with Crippen molar-refractivity contribution in [3.05, 3.63) is 65.7 Å². The van der Waals surface area contributed by atoms with E-state index in [0.717, 1.165) is 33.5 Å². The summed E-state index contributed by atoms with van der Waals surface area (Å²) in [6.45, 7) is -0.0305. The van der Waals surface area contributed by atoms with Gasteiger partial charge in [0.15, 0.2) is 0 Å². The molecule has 134 valence electrons. The number of benzene rings is 2. The highest BCUT2D eigenvalue weighted by atomic mass is 16.3. The van der Waals surface area contributed by atoms with Crippen molar-refractivity contribution in [1.82, 2.24) is 15.0 Å². The van der Waals surface area contributed by atoms with Gasteiger partial charge >= 0.3 is 0 Å². The highest BCUT2D eigenvalue weighted by Gasteiger charge is 2.24. The molecule has 1 fully saturated rings. The van der Waals surface area contributed by atoms with E-state index in [1.807, 2.05) is 30.3 Å². The van der Waals surface area contributed by atoms with Gasteiger partial charge in [0.05, 0.1) is 12.3 Å². The summed E-state index contributed by atoms with van der Waals surface area (Å²) in [7, 11) is 0. The van der Waals surface area contributed by atoms with Crippen LogP contribution in [0.4, 0.5) is 5.95 Å². The number of anilines is 1. The quantitative estimate of drug-likeness (QED) is 0.510. The zero-order chi connectivity index (χ0) is 18.4. The number of hydrogen-bond acceptors (Lipinski definition) is 4. The minimum atomic E-state index is -0.0305. The molecule has 1 aliphatic rings. The predicted molar refractivity (Wildman–Crippen MR) is 107 cm³/mol. The van der Waals surface area contributed by atoms with E-state index in [1.165, 1.54) is 18.4 Å². The minimum Gasteiger partial charge on any atom is -0.392 e. The molecule has 1 aliphatic carbocycles. The third kappa shape index (κ3) is 2.86. The number of aromatic amines is 1. The Labute approximate surface area is 156 Å². The van der Waals surface area contributed by atoms with Gasteiger partial charge < -0.3 is 15.8 Å². The molecule has 2 aromatic heterocycles. The molecule has 2 aromatic carbocycles. The van der Waals surface area contributed by atoms with Crippen molar-refractivity contribution in [2.75, 3.05) is 5.73 Å². The van der Waals surface area contributed by atoms with E-state index in [4.69, 9.17) is 5.73 Å². The summed E-state index contributed by atoms with van der Waals surface area (Å²) in [5.41, 5.74) is 12.5. The summed E-state index contributed by atoms with van der Waals surface area (Å²) >= 11 is 0. The fraction of sp³-hybridized carbons (Fsp3) is 0.182. The Morgan fingerprint density at radius 1 is 1.04 bits per heavy atom. The molecule has 0 spiro atoms. The second kappa shape index (κ2) is 6.21. The van der Waals surface area contributed by atoms with E-state index in [1.54, 1.807) is 0 Å². The highest BCUT2D eigenvalue weighted by molar-refractivity contribution is 5.95. The Morgan fingerprint density at radius 3 is 2.59 bits per heavy atom. The van der Waals surface area contributed by atoms with Gasteiger partial charge in [-0.25, -0.2) is 4.98 Å². The number of H-pyrrole nitrogens is 1. The van der Waals surface area contributed by atoms with E-state index >= 15 is 0 Å². The highest BCUT2D eigenvalue weighted by Crippen LogP contribution is 2.42. The number of hydrogen-bond donors (Lipinski definition) is 3. The van der Waals surface area contributed by atoms with Crippen LogP contribution >= 0.6 is 0 Å². The molecule has 0 aliphatic heterocycles. The van der Waals surface area contributed by atoms with Crippen molar-refractivity contribution < 1.29 is 5.11 Å².